The first-order valence-corrected chi connectivity index (χ1v) is 13.7. The van der Waals surface area contributed by atoms with E-state index >= 15 is 0 Å². The van der Waals surface area contributed by atoms with Crippen LogP contribution in [0.5, 0.6) is 0 Å². The highest BCUT2D eigenvalue weighted by Crippen LogP contribution is 2.30. The summed E-state index contributed by atoms with van der Waals surface area (Å²) in [5.74, 6) is 3.01. The van der Waals surface area contributed by atoms with E-state index in [-0.39, 0.29) is 36.5 Å². The highest BCUT2D eigenvalue weighted by Gasteiger charge is 2.33. The predicted molar refractivity (Wildman–Crippen MR) is 137 cm³/mol. The summed E-state index contributed by atoms with van der Waals surface area (Å²) in [6.45, 7) is 0.227. The number of carbonyl (C=O) groups excluding carboxylic acids is 1. The zero-order chi connectivity index (χ0) is 24.4. The maximum absolute atomic E-state index is 13.1. The summed E-state index contributed by atoms with van der Waals surface area (Å²) in [5.41, 5.74) is 5.38. The quantitative estimate of drug-likeness (QED) is 0.517. The van der Waals surface area contributed by atoms with E-state index < -0.39 is 9.84 Å². The van der Waals surface area contributed by atoms with E-state index in [2.05, 4.69) is 29.4 Å². The van der Waals surface area contributed by atoms with Gasteiger partial charge in [0.1, 0.15) is 5.82 Å². The van der Waals surface area contributed by atoms with Crippen LogP contribution in [0.2, 0.25) is 0 Å². The topological polar surface area (TPSA) is 84.3 Å². The highest BCUT2D eigenvalue weighted by atomic mass is 32.2. The molecule has 2 aliphatic rings. The number of rotatable bonds is 7. The molecule has 0 bridgehead atoms. The molecule has 0 spiro atoms. The molecule has 0 saturated carbocycles. The van der Waals surface area contributed by atoms with E-state index in [1.165, 1.54) is 17.5 Å². The molecule has 1 aromatic heterocycles. The molecule has 2 heterocycles. The van der Waals surface area contributed by atoms with Gasteiger partial charge in [-0.1, -0.05) is 36.3 Å². The Morgan fingerprint density at radius 3 is 2.69 bits per heavy atom. The molecule has 1 saturated heterocycles. The number of hydrogen-bond acceptors (Lipinski definition) is 5. The summed E-state index contributed by atoms with van der Waals surface area (Å²) in [4.78, 5) is 14.9. The number of carbonyl (C=O) groups is 1. The molecule has 3 aromatic rings. The van der Waals surface area contributed by atoms with Gasteiger partial charge in [0.15, 0.2) is 9.84 Å². The Morgan fingerprint density at radius 1 is 1.14 bits per heavy atom. The zero-order valence-electron chi connectivity index (χ0n) is 19.5. The van der Waals surface area contributed by atoms with Crippen LogP contribution >= 0.6 is 0 Å². The number of nitrogens with one attached hydrogen (secondary N) is 1. The van der Waals surface area contributed by atoms with Crippen molar-refractivity contribution >= 4 is 21.6 Å². The van der Waals surface area contributed by atoms with E-state index in [1.54, 1.807) is 9.58 Å². The van der Waals surface area contributed by atoms with Crippen LogP contribution in [0.15, 0.2) is 54.6 Å². The lowest BCUT2D eigenvalue weighted by Crippen LogP contribution is -2.42. The summed E-state index contributed by atoms with van der Waals surface area (Å²) in [5, 5.41) is 7.80. The van der Waals surface area contributed by atoms with E-state index in [1.807, 2.05) is 36.4 Å². The maximum Gasteiger partial charge on any atom is 0.239 e. The van der Waals surface area contributed by atoms with Crippen molar-refractivity contribution in [3.63, 3.8) is 0 Å². The van der Waals surface area contributed by atoms with E-state index in [9.17, 15) is 13.2 Å². The summed E-state index contributed by atoms with van der Waals surface area (Å²) < 4.78 is 25.6. The third-order valence-corrected chi connectivity index (χ3v) is 8.49. The van der Waals surface area contributed by atoms with Crippen LogP contribution in [0.1, 0.15) is 24.0 Å². The van der Waals surface area contributed by atoms with Crippen molar-refractivity contribution in [1.29, 1.82) is 0 Å². The summed E-state index contributed by atoms with van der Waals surface area (Å²) in [7, 11) is -3.08. The van der Waals surface area contributed by atoms with Gasteiger partial charge < -0.3 is 5.32 Å². The molecule has 5 rings (SSSR count). The number of para-hydroxylation sites is 1. The average Bonchev–Trinajstić information content (AvgIpc) is 3.57. The van der Waals surface area contributed by atoms with Gasteiger partial charge in [-0.3, -0.25) is 9.69 Å². The molecule has 1 N–H and O–H groups in total. The van der Waals surface area contributed by atoms with Gasteiger partial charge in [0.2, 0.25) is 5.91 Å². The highest BCUT2D eigenvalue weighted by molar-refractivity contribution is 7.91. The molecule has 1 amide bonds. The maximum atomic E-state index is 13.1. The molecule has 1 fully saturated rings. The van der Waals surface area contributed by atoms with Gasteiger partial charge in [-0.15, -0.1) is 6.42 Å². The number of sulfone groups is 1. The number of amides is 1. The second kappa shape index (κ2) is 9.68. The largest absolute Gasteiger partial charge is 0.309 e. The Labute approximate surface area is 206 Å². The van der Waals surface area contributed by atoms with Crippen LogP contribution < -0.4 is 5.32 Å². The minimum Gasteiger partial charge on any atom is -0.309 e. The second-order valence-corrected chi connectivity index (χ2v) is 11.4. The van der Waals surface area contributed by atoms with Crippen molar-refractivity contribution in [2.45, 2.75) is 31.7 Å². The predicted octanol–water partition coefficient (Wildman–Crippen LogP) is 3.09. The van der Waals surface area contributed by atoms with Crippen molar-refractivity contribution in [2.24, 2.45) is 0 Å². The van der Waals surface area contributed by atoms with Crippen LogP contribution in [0.4, 0.5) is 5.82 Å². The van der Waals surface area contributed by atoms with Gasteiger partial charge in [0.25, 0.3) is 0 Å². The fourth-order valence-corrected chi connectivity index (χ4v) is 6.73. The zero-order valence-corrected chi connectivity index (χ0v) is 20.3. The second-order valence-electron chi connectivity index (χ2n) is 9.21. The first-order valence-electron chi connectivity index (χ1n) is 11.9. The fraction of sp³-hybridized carbons (Fsp3) is 0.333. The minimum atomic E-state index is -3.08. The number of anilines is 1. The number of benzene rings is 2. The number of hydrogen-bond donors (Lipinski definition) is 1. The SMILES string of the molecule is C#CCN(CC(=O)Nc1cc(-c2ccc3c(c2)CCC3)nn1-c1ccccc1)[C@H]1CCS(=O)(=O)C1. The van der Waals surface area contributed by atoms with Gasteiger partial charge in [-0.25, -0.2) is 13.1 Å². The Balaban J connectivity index is 1.41. The monoisotopic (exact) mass is 488 g/mol. The normalized spacial score (nSPS) is 18.3. The third kappa shape index (κ3) is 5.16. The Morgan fingerprint density at radius 2 is 1.94 bits per heavy atom. The number of fused-ring (bicyclic) bond motifs is 1. The molecule has 0 unspecified atom stereocenters. The van der Waals surface area contributed by atoms with Crippen molar-refractivity contribution in [3.05, 3.63) is 65.7 Å². The van der Waals surface area contributed by atoms with E-state index in [4.69, 9.17) is 11.5 Å². The standard InChI is InChI=1S/C27H28N4O3S/c1-2-14-30(24-13-15-35(33,34)19-24)18-27(32)28-26-17-25(29-31(26)23-9-4-3-5-10-23)22-12-11-20-7-6-8-21(20)16-22/h1,3-5,9-12,16-17,24H,6-8,13-15,18-19H2,(H,28,32)/t24-/m0/s1. The van der Waals surface area contributed by atoms with Gasteiger partial charge in [0, 0.05) is 17.7 Å². The van der Waals surface area contributed by atoms with Crippen LogP contribution in [-0.4, -0.2) is 59.6 Å². The van der Waals surface area contributed by atoms with E-state index in [0.717, 1.165) is 29.8 Å². The molecule has 0 radical (unpaired) electrons. The number of nitrogens with zero attached hydrogens (tertiary/aromatic N) is 3. The van der Waals surface area contributed by atoms with Gasteiger partial charge in [0.05, 0.1) is 36.0 Å². The average molecular weight is 489 g/mol. The molecule has 2 aromatic carbocycles. The van der Waals surface area contributed by atoms with Gasteiger partial charge >= 0.3 is 0 Å². The third-order valence-electron chi connectivity index (χ3n) is 6.74. The minimum absolute atomic E-state index is 0.0124. The summed E-state index contributed by atoms with van der Waals surface area (Å²) in [6, 6.07) is 17.7. The van der Waals surface area contributed by atoms with Crippen molar-refractivity contribution < 1.29 is 13.2 Å². The van der Waals surface area contributed by atoms with Crippen LogP contribution in [0, 0.1) is 12.3 Å². The van der Waals surface area contributed by atoms with E-state index in [0.29, 0.717) is 12.2 Å². The number of terminal acetylenes is 1. The van der Waals surface area contributed by atoms with Crippen LogP contribution in [-0.2, 0) is 27.5 Å². The van der Waals surface area contributed by atoms with Gasteiger partial charge in [-0.2, -0.15) is 5.10 Å². The number of aryl methyl sites for hydroxylation is 2. The molecule has 1 aliphatic carbocycles. The molecule has 8 heteroatoms. The Bertz CT molecular complexity index is 1390. The lowest BCUT2D eigenvalue weighted by Gasteiger charge is -2.25. The molecule has 1 aliphatic heterocycles. The van der Waals surface area contributed by atoms with Gasteiger partial charge in [-0.05, 0) is 55.0 Å². The molecule has 180 valence electrons. The lowest BCUT2D eigenvalue weighted by molar-refractivity contribution is -0.117. The first-order chi connectivity index (χ1) is 16.9. The molecule has 7 nitrogen and oxygen atoms in total. The van der Waals surface area contributed by atoms with Crippen molar-refractivity contribution in [1.82, 2.24) is 14.7 Å². The smallest absolute Gasteiger partial charge is 0.239 e. The fourth-order valence-electron chi connectivity index (χ4n) is 4.97. The lowest BCUT2D eigenvalue weighted by atomic mass is 10.0. The van der Waals surface area contributed by atoms with Crippen LogP contribution in [0.25, 0.3) is 16.9 Å². The van der Waals surface area contributed by atoms with Crippen molar-refractivity contribution in [3.8, 4) is 29.3 Å². The summed E-state index contributed by atoms with van der Waals surface area (Å²) in [6.07, 6.45) is 9.37. The van der Waals surface area contributed by atoms with Crippen molar-refractivity contribution in [2.75, 3.05) is 29.9 Å². The summed E-state index contributed by atoms with van der Waals surface area (Å²) >= 11 is 0. The Kier molecular flexibility index (Phi) is 6.46. The van der Waals surface area contributed by atoms with Crippen LogP contribution in [0.3, 0.4) is 0 Å². The Hall–Kier alpha value is -3.41. The molecule has 1 atom stereocenters. The first kappa shape index (κ1) is 23.3. The molecular formula is C27H28N4O3S. The molecular weight excluding hydrogens is 460 g/mol. The number of aromatic nitrogens is 2. The molecule has 35 heavy (non-hydrogen) atoms.